The largest absolute Gasteiger partial charge is 0.396 e. The number of benzene rings is 1. The number of nitrogens with two attached hydrogens (primary N) is 1. The van der Waals surface area contributed by atoms with Crippen LogP contribution in [0.2, 0.25) is 0 Å². The third kappa shape index (κ3) is 2.82. The van der Waals surface area contributed by atoms with Crippen molar-refractivity contribution in [1.29, 1.82) is 0 Å². The van der Waals surface area contributed by atoms with Crippen molar-refractivity contribution in [3.63, 3.8) is 0 Å². The summed E-state index contributed by atoms with van der Waals surface area (Å²) < 4.78 is 0. The monoisotopic (exact) mass is 193 g/mol. The summed E-state index contributed by atoms with van der Waals surface area (Å²) >= 11 is 0. The Bertz CT molecular complexity index is 283. The maximum Gasteiger partial charge on any atom is 0.0437 e. The highest BCUT2D eigenvalue weighted by Crippen LogP contribution is 2.22. The van der Waals surface area contributed by atoms with Crippen molar-refractivity contribution in [1.82, 2.24) is 0 Å². The van der Waals surface area contributed by atoms with Crippen molar-refractivity contribution in [2.24, 2.45) is 5.73 Å². The number of aliphatic hydroxyl groups excluding tert-OH is 1. The fraction of sp³-hybridized carbons (Fsp3) is 0.500. The van der Waals surface area contributed by atoms with Crippen LogP contribution in [-0.2, 0) is 0 Å². The lowest BCUT2D eigenvalue weighted by atomic mass is 9.89. The second-order valence-corrected chi connectivity index (χ2v) is 3.89. The van der Waals surface area contributed by atoms with E-state index in [1.54, 1.807) is 0 Å². The first-order chi connectivity index (χ1) is 6.65. The lowest BCUT2D eigenvalue weighted by Gasteiger charge is -2.20. The molecule has 3 N–H and O–H groups in total. The van der Waals surface area contributed by atoms with E-state index in [9.17, 15) is 0 Å². The van der Waals surface area contributed by atoms with Crippen molar-refractivity contribution in [2.75, 3.05) is 6.61 Å². The predicted molar refractivity (Wildman–Crippen MR) is 59.3 cm³/mol. The van der Waals surface area contributed by atoms with Crippen molar-refractivity contribution >= 4 is 0 Å². The molecule has 2 heteroatoms. The van der Waals surface area contributed by atoms with Crippen LogP contribution in [0.5, 0.6) is 0 Å². The minimum Gasteiger partial charge on any atom is -0.396 e. The van der Waals surface area contributed by atoms with Crippen LogP contribution in [0.15, 0.2) is 24.3 Å². The Morgan fingerprint density at radius 3 is 2.64 bits per heavy atom. The standard InChI is InChI=1S/C12H19NO/c1-9-4-3-5-11(8-9)12(6-7-14)10(2)13/h3-5,8,10,12,14H,6-7,13H2,1-2H3. The molecule has 0 heterocycles. The summed E-state index contributed by atoms with van der Waals surface area (Å²) in [5.74, 6) is 0.264. The van der Waals surface area contributed by atoms with Gasteiger partial charge in [-0.3, -0.25) is 0 Å². The summed E-state index contributed by atoms with van der Waals surface area (Å²) in [5.41, 5.74) is 8.37. The van der Waals surface area contributed by atoms with E-state index in [-0.39, 0.29) is 18.6 Å². The Hall–Kier alpha value is -0.860. The molecule has 0 fully saturated rings. The minimum absolute atomic E-state index is 0.0870. The molecule has 0 saturated carbocycles. The van der Waals surface area contributed by atoms with E-state index < -0.39 is 0 Å². The average molecular weight is 193 g/mol. The Balaban J connectivity index is 2.87. The van der Waals surface area contributed by atoms with Gasteiger partial charge in [0.15, 0.2) is 0 Å². The molecular weight excluding hydrogens is 174 g/mol. The fourth-order valence-corrected chi connectivity index (χ4v) is 1.77. The van der Waals surface area contributed by atoms with Crippen LogP contribution in [0.3, 0.4) is 0 Å². The number of rotatable bonds is 4. The quantitative estimate of drug-likeness (QED) is 0.766. The van der Waals surface area contributed by atoms with E-state index in [4.69, 9.17) is 10.8 Å². The third-order valence-corrected chi connectivity index (χ3v) is 2.55. The van der Waals surface area contributed by atoms with E-state index in [0.29, 0.717) is 0 Å². The molecule has 0 aromatic heterocycles. The Morgan fingerprint density at radius 1 is 1.43 bits per heavy atom. The SMILES string of the molecule is Cc1cccc(C(CCO)C(C)N)c1. The zero-order valence-corrected chi connectivity index (χ0v) is 8.90. The average Bonchev–Trinajstić information content (AvgIpc) is 2.13. The van der Waals surface area contributed by atoms with Gasteiger partial charge in [-0.2, -0.15) is 0 Å². The molecule has 2 atom stereocenters. The third-order valence-electron chi connectivity index (χ3n) is 2.55. The van der Waals surface area contributed by atoms with Gasteiger partial charge in [-0.15, -0.1) is 0 Å². The highest BCUT2D eigenvalue weighted by atomic mass is 16.3. The van der Waals surface area contributed by atoms with Gasteiger partial charge >= 0.3 is 0 Å². The van der Waals surface area contributed by atoms with Crippen LogP contribution < -0.4 is 5.73 Å². The van der Waals surface area contributed by atoms with Gasteiger partial charge in [0.1, 0.15) is 0 Å². The van der Waals surface area contributed by atoms with E-state index in [0.717, 1.165) is 6.42 Å². The summed E-state index contributed by atoms with van der Waals surface area (Å²) in [6.07, 6.45) is 0.737. The summed E-state index contributed by atoms with van der Waals surface area (Å²) in [4.78, 5) is 0. The van der Waals surface area contributed by atoms with Crippen molar-refractivity contribution in [3.8, 4) is 0 Å². The summed E-state index contributed by atoms with van der Waals surface area (Å²) in [6, 6.07) is 8.42. The van der Waals surface area contributed by atoms with Gasteiger partial charge in [0.25, 0.3) is 0 Å². The van der Waals surface area contributed by atoms with Crippen molar-refractivity contribution in [3.05, 3.63) is 35.4 Å². The molecule has 1 aromatic rings. The van der Waals surface area contributed by atoms with Gasteiger partial charge in [-0.25, -0.2) is 0 Å². The molecule has 0 spiro atoms. The van der Waals surface area contributed by atoms with E-state index in [1.807, 2.05) is 13.0 Å². The topological polar surface area (TPSA) is 46.2 Å². The molecule has 0 aliphatic rings. The predicted octanol–water partition coefficient (Wildman–Crippen LogP) is 1.81. The van der Waals surface area contributed by atoms with Crippen LogP contribution in [0.1, 0.15) is 30.4 Å². The van der Waals surface area contributed by atoms with Crippen LogP contribution in [0.25, 0.3) is 0 Å². The summed E-state index contributed by atoms with van der Waals surface area (Å²) in [7, 11) is 0. The maximum absolute atomic E-state index is 8.96. The number of hydrogen-bond acceptors (Lipinski definition) is 2. The minimum atomic E-state index is 0.0870. The molecule has 2 nitrogen and oxygen atoms in total. The number of hydrogen-bond donors (Lipinski definition) is 2. The molecule has 0 bridgehead atoms. The van der Waals surface area contributed by atoms with E-state index >= 15 is 0 Å². The van der Waals surface area contributed by atoms with Crippen LogP contribution in [-0.4, -0.2) is 17.8 Å². The number of aliphatic hydroxyl groups is 1. The van der Waals surface area contributed by atoms with Gasteiger partial charge in [0.05, 0.1) is 0 Å². The van der Waals surface area contributed by atoms with Crippen LogP contribution in [0.4, 0.5) is 0 Å². The fourth-order valence-electron chi connectivity index (χ4n) is 1.77. The van der Waals surface area contributed by atoms with E-state index in [1.165, 1.54) is 11.1 Å². The molecule has 14 heavy (non-hydrogen) atoms. The number of aryl methyl sites for hydroxylation is 1. The first-order valence-corrected chi connectivity index (χ1v) is 5.08. The second-order valence-electron chi connectivity index (χ2n) is 3.89. The normalized spacial score (nSPS) is 15.1. The lowest BCUT2D eigenvalue weighted by Crippen LogP contribution is -2.25. The van der Waals surface area contributed by atoms with Crippen LogP contribution in [0, 0.1) is 6.92 Å². The smallest absolute Gasteiger partial charge is 0.0437 e. The molecule has 1 rings (SSSR count). The molecule has 1 aromatic carbocycles. The second kappa shape index (κ2) is 5.13. The van der Waals surface area contributed by atoms with Gasteiger partial charge in [0.2, 0.25) is 0 Å². The van der Waals surface area contributed by atoms with Gasteiger partial charge < -0.3 is 10.8 Å². The Kier molecular flexibility index (Phi) is 4.11. The lowest BCUT2D eigenvalue weighted by molar-refractivity contribution is 0.269. The highest BCUT2D eigenvalue weighted by molar-refractivity contribution is 5.26. The molecule has 0 saturated heterocycles. The van der Waals surface area contributed by atoms with Gasteiger partial charge in [0, 0.05) is 18.6 Å². The summed E-state index contributed by atoms with van der Waals surface area (Å²) in [5, 5.41) is 8.96. The maximum atomic E-state index is 8.96. The van der Waals surface area contributed by atoms with Gasteiger partial charge in [-0.1, -0.05) is 29.8 Å². The molecule has 0 amide bonds. The molecular formula is C12H19NO. The molecule has 0 aliphatic heterocycles. The van der Waals surface area contributed by atoms with Crippen molar-refractivity contribution in [2.45, 2.75) is 32.2 Å². The Labute approximate surface area is 85.8 Å². The summed E-state index contributed by atoms with van der Waals surface area (Å²) in [6.45, 7) is 4.25. The first kappa shape index (κ1) is 11.2. The molecule has 2 unspecified atom stereocenters. The van der Waals surface area contributed by atoms with Crippen LogP contribution >= 0.6 is 0 Å². The zero-order valence-electron chi connectivity index (χ0n) is 8.90. The molecule has 0 aliphatic carbocycles. The zero-order chi connectivity index (χ0) is 10.6. The first-order valence-electron chi connectivity index (χ1n) is 5.08. The van der Waals surface area contributed by atoms with Crippen molar-refractivity contribution < 1.29 is 5.11 Å². The Morgan fingerprint density at radius 2 is 2.14 bits per heavy atom. The van der Waals surface area contributed by atoms with Gasteiger partial charge in [-0.05, 0) is 25.8 Å². The van der Waals surface area contributed by atoms with E-state index in [2.05, 4.69) is 25.1 Å². The molecule has 78 valence electrons. The molecule has 0 radical (unpaired) electrons. The highest BCUT2D eigenvalue weighted by Gasteiger charge is 2.15.